The first-order valence-electron chi connectivity index (χ1n) is 9.32. The van der Waals surface area contributed by atoms with Crippen molar-refractivity contribution in [3.8, 4) is 10.8 Å². The first kappa shape index (κ1) is 18.4. The molecule has 1 N–H and O–H groups in total. The molecule has 1 amide bonds. The van der Waals surface area contributed by atoms with Crippen molar-refractivity contribution < 1.29 is 9.21 Å². The molecule has 3 aromatic rings. The Balaban J connectivity index is 1.28. The average Bonchev–Trinajstić information content (AvgIpc) is 3.42. The molecule has 1 fully saturated rings. The van der Waals surface area contributed by atoms with E-state index in [0.717, 1.165) is 54.1 Å². The summed E-state index contributed by atoms with van der Waals surface area (Å²) in [4.78, 5) is 14.6. The average molecular weight is 402 g/mol. The molecule has 5 nitrogen and oxygen atoms in total. The maximum absolute atomic E-state index is 12.4. The van der Waals surface area contributed by atoms with E-state index in [9.17, 15) is 4.79 Å². The van der Waals surface area contributed by atoms with Gasteiger partial charge in [0.25, 0.3) is 11.8 Å². The summed E-state index contributed by atoms with van der Waals surface area (Å²) >= 11 is 3.25. The lowest BCUT2D eigenvalue weighted by molar-refractivity contribution is 0.0942. The molecule has 27 heavy (non-hydrogen) atoms. The fourth-order valence-electron chi connectivity index (χ4n) is 3.58. The number of nitrogens with one attached hydrogen (secondary N) is 1. The Morgan fingerprint density at radius 2 is 2.04 bits per heavy atom. The van der Waals surface area contributed by atoms with Gasteiger partial charge in [-0.2, -0.15) is 0 Å². The normalized spacial score (nSPS) is 19.9. The van der Waals surface area contributed by atoms with Crippen LogP contribution in [-0.2, 0) is 0 Å². The Labute approximate surface area is 166 Å². The molecule has 1 aliphatic carbocycles. The highest BCUT2D eigenvalue weighted by Crippen LogP contribution is 2.36. The Morgan fingerprint density at radius 1 is 1.22 bits per heavy atom. The summed E-state index contributed by atoms with van der Waals surface area (Å²) in [5, 5.41) is 15.5. The molecule has 0 spiro atoms. The second-order valence-electron chi connectivity index (χ2n) is 7.18. The van der Waals surface area contributed by atoms with Crippen LogP contribution in [0.25, 0.3) is 10.8 Å². The Hall–Kier alpha value is -1.99. The first-order valence-corrected chi connectivity index (χ1v) is 11.1. The molecule has 1 saturated carbocycles. The lowest BCUT2D eigenvalue weighted by Gasteiger charge is -2.26. The topological polar surface area (TPSA) is 68.0 Å². The number of hydrogen-bond donors (Lipinski definition) is 1. The van der Waals surface area contributed by atoms with Crippen LogP contribution in [0.3, 0.4) is 0 Å². The van der Waals surface area contributed by atoms with E-state index in [1.54, 1.807) is 22.7 Å². The number of amides is 1. The van der Waals surface area contributed by atoms with Crippen molar-refractivity contribution in [1.29, 1.82) is 0 Å². The summed E-state index contributed by atoms with van der Waals surface area (Å²) in [5.41, 5.74) is 1.91. The van der Waals surface area contributed by atoms with Gasteiger partial charge in [-0.15, -0.1) is 32.9 Å². The largest absolute Gasteiger partial charge is 0.420 e. The standard InChI is InChI=1S/C20H23N3O2S2/c1-12-13(2)27-11-16(12)18(24)21-10-14-5-7-15(8-6-14)19-22-23-20(25-19)17-4-3-9-26-17/h3-4,9,11,14-15H,5-8,10H2,1-2H3,(H,21,24). The summed E-state index contributed by atoms with van der Waals surface area (Å²) in [6.45, 7) is 4.81. The van der Waals surface area contributed by atoms with Gasteiger partial charge < -0.3 is 9.73 Å². The van der Waals surface area contributed by atoms with Crippen molar-refractivity contribution in [2.24, 2.45) is 5.92 Å². The zero-order chi connectivity index (χ0) is 18.8. The zero-order valence-corrected chi connectivity index (χ0v) is 17.2. The van der Waals surface area contributed by atoms with Gasteiger partial charge in [-0.3, -0.25) is 4.79 Å². The molecular weight excluding hydrogens is 378 g/mol. The number of nitrogens with zero attached hydrogens (tertiary/aromatic N) is 2. The first-order chi connectivity index (χ1) is 13.1. The Bertz CT molecular complexity index is 906. The fraction of sp³-hybridized carbons (Fsp3) is 0.450. The molecular formula is C20H23N3O2S2. The highest BCUT2D eigenvalue weighted by molar-refractivity contribution is 7.13. The summed E-state index contributed by atoms with van der Waals surface area (Å²) in [6.07, 6.45) is 4.21. The van der Waals surface area contributed by atoms with Crippen molar-refractivity contribution >= 4 is 28.6 Å². The van der Waals surface area contributed by atoms with Gasteiger partial charge in [0.2, 0.25) is 5.89 Å². The molecule has 0 saturated heterocycles. The highest BCUT2D eigenvalue weighted by Gasteiger charge is 2.27. The molecule has 3 heterocycles. The lowest BCUT2D eigenvalue weighted by Crippen LogP contribution is -2.31. The fourth-order valence-corrected chi connectivity index (χ4v) is 5.09. The number of hydrogen-bond acceptors (Lipinski definition) is 6. The van der Waals surface area contributed by atoms with Crippen LogP contribution in [-0.4, -0.2) is 22.6 Å². The minimum absolute atomic E-state index is 0.0523. The second kappa shape index (κ2) is 7.94. The van der Waals surface area contributed by atoms with Gasteiger partial charge in [0.05, 0.1) is 10.4 Å². The number of carbonyl (C=O) groups excluding carboxylic acids is 1. The van der Waals surface area contributed by atoms with Crippen molar-refractivity contribution in [2.75, 3.05) is 6.54 Å². The molecule has 0 unspecified atom stereocenters. The monoisotopic (exact) mass is 401 g/mol. The summed E-state index contributed by atoms with van der Waals surface area (Å²) < 4.78 is 5.89. The van der Waals surface area contributed by atoms with Crippen LogP contribution < -0.4 is 5.32 Å². The minimum Gasteiger partial charge on any atom is -0.420 e. The van der Waals surface area contributed by atoms with E-state index in [2.05, 4.69) is 22.4 Å². The second-order valence-corrected chi connectivity index (χ2v) is 9.21. The molecule has 142 valence electrons. The predicted octanol–water partition coefficient (Wildman–Crippen LogP) is 5.18. The minimum atomic E-state index is 0.0523. The van der Waals surface area contributed by atoms with Gasteiger partial charge in [-0.1, -0.05) is 6.07 Å². The van der Waals surface area contributed by atoms with Crippen LogP contribution in [0.5, 0.6) is 0 Å². The van der Waals surface area contributed by atoms with E-state index in [4.69, 9.17) is 4.42 Å². The number of aromatic nitrogens is 2. The van der Waals surface area contributed by atoms with E-state index in [0.29, 0.717) is 17.7 Å². The zero-order valence-electron chi connectivity index (χ0n) is 15.5. The van der Waals surface area contributed by atoms with Gasteiger partial charge in [-0.25, -0.2) is 0 Å². The predicted molar refractivity (Wildman–Crippen MR) is 108 cm³/mol. The third kappa shape index (κ3) is 3.99. The van der Waals surface area contributed by atoms with Gasteiger partial charge >= 0.3 is 0 Å². The number of aryl methyl sites for hydroxylation is 1. The van der Waals surface area contributed by atoms with Crippen molar-refractivity contribution in [2.45, 2.75) is 45.4 Å². The Morgan fingerprint density at radius 3 is 2.70 bits per heavy atom. The van der Waals surface area contributed by atoms with Crippen molar-refractivity contribution in [3.63, 3.8) is 0 Å². The summed E-state index contributed by atoms with van der Waals surface area (Å²) in [5.74, 6) is 2.28. The van der Waals surface area contributed by atoms with E-state index >= 15 is 0 Å². The molecule has 0 atom stereocenters. The van der Waals surface area contributed by atoms with E-state index in [1.165, 1.54) is 4.88 Å². The van der Waals surface area contributed by atoms with Crippen LogP contribution in [0.2, 0.25) is 0 Å². The van der Waals surface area contributed by atoms with E-state index in [-0.39, 0.29) is 5.91 Å². The summed E-state index contributed by atoms with van der Waals surface area (Å²) in [7, 11) is 0. The smallest absolute Gasteiger partial charge is 0.257 e. The molecule has 0 bridgehead atoms. The summed E-state index contributed by atoms with van der Waals surface area (Å²) in [6, 6.07) is 3.99. The third-order valence-corrected chi connectivity index (χ3v) is 7.32. The number of thiophene rings is 2. The molecule has 4 rings (SSSR count). The van der Waals surface area contributed by atoms with Gasteiger partial charge in [0, 0.05) is 22.7 Å². The SMILES string of the molecule is Cc1scc(C(=O)NCC2CCC(c3nnc(-c4cccs4)o3)CC2)c1C. The molecule has 3 aromatic heterocycles. The van der Waals surface area contributed by atoms with Crippen molar-refractivity contribution in [1.82, 2.24) is 15.5 Å². The Kier molecular flexibility index (Phi) is 5.41. The van der Waals surface area contributed by atoms with Gasteiger partial charge in [0.1, 0.15) is 0 Å². The molecule has 0 aromatic carbocycles. The van der Waals surface area contributed by atoms with Gasteiger partial charge in [0.15, 0.2) is 0 Å². The maximum atomic E-state index is 12.4. The van der Waals surface area contributed by atoms with Gasteiger partial charge in [-0.05, 0) is 62.5 Å². The van der Waals surface area contributed by atoms with Crippen molar-refractivity contribution in [3.05, 3.63) is 44.8 Å². The third-order valence-electron chi connectivity index (χ3n) is 5.45. The lowest BCUT2D eigenvalue weighted by atomic mass is 9.82. The number of rotatable bonds is 5. The molecule has 0 radical (unpaired) electrons. The van der Waals surface area contributed by atoms with Crippen LogP contribution in [0, 0.1) is 19.8 Å². The van der Waals surface area contributed by atoms with Crippen LogP contribution in [0.4, 0.5) is 0 Å². The quantitative estimate of drug-likeness (QED) is 0.639. The highest BCUT2D eigenvalue weighted by atomic mass is 32.1. The van der Waals surface area contributed by atoms with Crippen LogP contribution >= 0.6 is 22.7 Å². The molecule has 7 heteroatoms. The van der Waals surface area contributed by atoms with Crippen LogP contribution in [0.15, 0.2) is 27.3 Å². The maximum Gasteiger partial charge on any atom is 0.257 e. The van der Waals surface area contributed by atoms with E-state index < -0.39 is 0 Å². The molecule has 1 aliphatic rings. The number of carbonyl (C=O) groups is 1. The van der Waals surface area contributed by atoms with E-state index in [1.807, 2.05) is 29.8 Å². The molecule has 0 aliphatic heterocycles. The van der Waals surface area contributed by atoms with Crippen LogP contribution in [0.1, 0.15) is 58.3 Å².